The lowest BCUT2D eigenvalue weighted by molar-refractivity contribution is -0.121. The number of carbonyl (C=O) groups is 2. The molecule has 1 aliphatic rings. The zero-order chi connectivity index (χ0) is 17.3. The van der Waals surface area contributed by atoms with Gasteiger partial charge in [-0.15, -0.1) is 0 Å². The molecule has 1 heterocycles. The van der Waals surface area contributed by atoms with E-state index >= 15 is 0 Å². The minimum Gasteiger partial charge on any atom is -0.495 e. The molecule has 2 aromatic rings. The quantitative estimate of drug-likeness (QED) is 0.839. The molecular formula is C17H14Cl2N2O3. The van der Waals surface area contributed by atoms with Crippen LogP contribution in [0, 0.1) is 0 Å². The summed E-state index contributed by atoms with van der Waals surface area (Å²) < 4.78 is 5.24. The molecule has 1 unspecified atom stereocenters. The van der Waals surface area contributed by atoms with Gasteiger partial charge in [-0.3, -0.25) is 9.59 Å². The van der Waals surface area contributed by atoms with E-state index in [4.69, 9.17) is 27.9 Å². The first-order chi connectivity index (χ1) is 11.5. The molecule has 24 heavy (non-hydrogen) atoms. The van der Waals surface area contributed by atoms with Crippen molar-refractivity contribution < 1.29 is 14.3 Å². The molecule has 1 atom stereocenters. The molecule has 0 bridgehead atoms. The minimum absolute atomic E-state index is 0.0275. The molecule has 2 amide bonds. The number of hydrogen-bond acceptors (Lipinski definition) is 4. The first-order valence-corrected chi connectivity index (χ1v) is 7.99. The summed E-state index contributed by atoms with van der Waals surface area (Å²) in [5.41, 5.74) is 0.939. The third-order valence-corrected chi connectivity index (χ3v) is 4.57. The first-order valence-electron chi connectivity index (χ1n) is 7.23. The van der Waals surface area contributed by atoms with Gasteiger partial charge in [-0.2, -0.15) is 0 Å². The number of para-hydroxylation sites is 2. The molecule has 7 heteroatoms. The highest BCUT2D eigenvalue weighted by molar-refractivity contribution is 6.43. The number of methoxy groups -OCH3 is 1. The van der Waals surface area contributed by atoms with Gasteiger partial charge in [0.2, 0.25) is 5.91 Å². The van der Waals surface area contributed by atoms with Crippen LogP contribution < -0.4 is 15.0 Å². The number of hydrogen-bond donors (Lipinski definition) is 1. The maximum absolute atomic E-state index is 12.7. The highest BCUT2D eigenvalue weighted by Crippen LogP contribution is 2.34. The first kappa shape index (κ1) is 16.6. The number of benzene rings is 2. The van der Waals surface area contributed by atoms with Gasteiger partial charge in [0.15, 0.2) is 0 Å². The standard InChI is InChI=1S/C17H14Cl2N2O3/c1-24-14-8-3-2-7-13(14)21-15(22)9-12(17(21)23)20-11-6-4-5-10(18)16(11)19/h2-8,12,20H,9H2,1H3. The molecule has 0 spiro atoms. The topological polar surface area (TPSA) is 58.6 Å². The maximum Gasteiger partial charge on any atom is 0.256 e. The van der Waals surface area contributed by atoms with Gasteiger partial charge in [0.1, 0.15) is 11.8 Å². The van der Waals surface area contributed by atoms with Crippen LogP contribution in [-0.4, -0.2) is 25.0 Å². The minimum atomic E-state index is -0.710. The summed E-state index contributed by atoms with van der Waals surface area (Å²) in [6.45, 7) is 0. The fraction of sp³-hybridized carbons (Fsp3) is 0.176. The third kappa shape index (κ3) is 2.92. The maximum atomic E-state index is 12.7. The Morgan fingerprint density at radius 2 is 1.88 bits per heavy atom. The average Bonchev–Trinajstić information content (AvgIpc) is 2.85. The third-order valence-electron chi connectivity index (χ3n) is 3.75. The van der Waals surface area contributed by atoms with E-state index in [-0.39, 0.29) is 18.2 Å². The van der Waals surface area contributed by atoms with Crippen molar-refractivity contribution in [2.75, 3.05) is 17.3 Å². The van der Waals surface area contributed by atoms with Crippen molar-refractivity contribution in [2.24, 2.45) is 0 Å². The van der Waals surface area contributed by atoms with Crippen molar-refractivity contribution in [3.05, 3.63) is 52.5 Å². The van der Waals surface area contributed by atoms with Crippen LogP contribution >= 0.6 is 23.2 Å². The van der Waals surface area contributed by atoms with Crippen LogP contribution in [0.3, 0.4) is 0 Å². The van der Waals surface area contributed by atoms with E-state index in [1.807, 2.05) is 0 Å². The summed E-state index contributed by atoms with van der Waals surface area (Å²) in [5, 5.41) is 3.69. The van der Waals surface area contributed by atoms with Gasteiger partial charge in [-0.05, 0) is 24.3 Å². The number of carbonyl (C=O) groups excluding carboxylic acids is 2. The van der Waals surface area contributed by atoms with Crippen LogP contribution in [0.2, 0.25) is 10.0 Å². The Kier molecular flexibility index (Phi) is 4.64. The van der Waals surface area contributed by atoms with Gasteiger partial charge < -0.3 is 10.1 Å². The zero-order valence-corrected chi connectivity index (χ0v) is 14.3. The molecule has 5 nitrogen and oxygen atoms in total. The van der Waals surface area contributed by atoms with Gasteiger partial charge in [-0.1, -0.05) is 41.4 Å². The Morgan fingerprint density at radius 3 is 2.62 bits per heavy atom. The van der Waals surface area contributed by atoms with Crippen LogP contribution in [0.15, 0.2) is 42.5 Å². The Bertz CT molecular complexity index is 810. The van der Waals surface area contributed by atoms with E-state index in [0.717, 1.165) is 4.90 Å². The molecule has 1 aliphatic heterocycles. The average molecular weight is 365 g/mol. The van der Waals surface area contributed by atoms with E-state index in [9.17, 15) is 9.59 Å². The van der Waals surface area contributed by atoms with Crippen molar-refractivity contribution in [3.8, 4) is 5.75 Å². The number of ether oxygens (including phenoxy) is 1. The SMILES string of the molecule is COc1ccccc1N1C(=O)CC(Nc2cccc(Cl)c2Cl)C1=O. The Hall–Kier alpha value is -2.24. The fourth-order valence-electron chi connectivity index (χ4n) is 2.62. The Balaban J connectivity index is 1.88. The number of imide groups is 1. The largest absolute Gasteiger partial charge is 0.495 e. The number of halogens is 2. The molecule has 0 radical (unpaired) electrons. The van der Waals surface area contributed by atoms with Gasteiger partial charge in [0.05, 0.1) is 35.0 Å². The van der Waals surface area contributed by atoms with Gasteiger partial charge in [-0.25, -0.2) is 4.90 Å². The number of nitrogens with one attached hydrogen (secondary N) is 1. The fourth-order valence-corrected chi connectivity index (χ4v) is 2.97. The van der Waals surface area contributed by atoms with Crippen molar-refractivity contribution in [3.63, 3.8) is 0 Å². The smallest absolute Gasteiger partial charge is 0.256 e. The van der Waals surface area contributed by atoms with Crippen LogP contribution in [0.1, 0.15) is 6.42 Å². The van der Waals surface area contributed by atoms with Crippen molar-refractivity contribution in [1.82, 2.24) is 0 Å². The molecule has 0 aliphatic carbocycles. The molecule has 3 rings (SSSR count). The highest BCUT2D eigenvalue weighted by atomic mass is 35.5. The van der Waals surface area contributed by atoms with Crippen molar-refractivity contribution in [1.29, 1.82) is 0 Å². The highest BCUT2D eigenvalue weighted by Gasteiger charge is 2.40. The lowest BCUT2D eigenvalue weighted by Crippen LogP contribution is -2.35. The predicted molar refractivity (Wildman–Crippen MR) is 94.0 cm³/mol. The number of rotatable bonds is 4. The lowest BCUT2D eigenvalue weighted by Gasteiger charge is -2.18. The second kappa shape index (κ2) is 6.71. The van der Waals surface area contributed by atoms with Crippen LogP contribution in [-0.2, 0) is 9.59 Å². The number of anilines is 2. The molecule has 124 valence electrons. The summed E-state index contributed by atoms with van der Waals surface area (Å²) in [4.78, 5) is 26.2. The summed E-state index contributed by atoms with van der Waals surface area (Å²) in [6.07, 6.45) is 0.0275. The molecule has 0 aromatic heterocycles. The van der Waals surface area contributed by atoms with Crippen LogP contribution in [0.5, 0.6) is 5.75 Å². The number of amides is 2. The molecule has 1 N–H and O–H groups in total. The lowest BCUT2D eigenvalue weighted by atomic mass is 10.2. The molecule has 1 saturated heterocycles. The van der Waals surface area contributed by atoms with E-state index < -0.39 is 6.04 Å². The van der Waals surface area contributed by atoms with Crippen molar-refractivity contribution in [2.45, 2.75) is 12.5 Å². The second-order valence-electron chi connectivity index (χ2n) is 5.24. The van der Waals surface area contributed by atoms with E-state index in [2.05, 4.69) is 5.32 Å². The molecule has 2 aromatic carbocycles. The second-order valence-corrected chi connectivity index (χ2v) is 6.03. The summed E-state index contributed by atoms with van der Waals surface area (Å²) in [5.74, 6) is -0.207. The monoisotopic (exact) mass is 364 g/mol. The Morgan fingerprint density at radius 1 is 1.12 bits per heavy atom. The van der Waals surface area contributed by atoms with Gasteiger partial charge in [0, 0.05) is 0 Å². The van der Waals surface area contributed by atoms with Gasteiger partial charge in [0.25, 0.3) is 5.91 Å². The number of nitrogens with zero attached hydrogens (tertiary/aromatic N) is 1. The van der Waals surface area contributed by atoms with E-state index in [0.29, 0.717) is 27.2 Å². The van der Waals surface area contributed by atoms with E-state index in [1.165, 1.54) is 7.11 Å². The predicted octanol–water partition coefficient (Wildman–Crippen LogP) is 3.75. The van der Waals surface area contributed by atoms with Crippen LogP contribution in [0.25, 0.3) is 0 Å². The summed E-state index contributed by atoms with van der Waals surface area (Å²) in [6, 6.07) is 11.2. The van der Waals surface area contributed by atoms with Gasteiger partial charge >= 0.3 is 0 Å². The molecule has 1 fully saturated rings. The zero-order valence-electron chi connectivity index (χ0n) is 12.8. The van der Waals surface area contributed by atoms with Crippen LogP contribution in [0.4, 0.5) is 11.4 Å². The van der Waals surface area contributed by atoms with E-state index in [1.54, 1.807) is 42.5 Å². The Labute approximate surface area is 149 Å². The summed E-state index contributed by atoms with van der Waals surface area (Å²) in [7, 11) is 1.49. The molecule has 0 saturated carbocycles. The summed E-state index contributed by atoms with van der Waals surface area (Å²) >= 11 is 12.1. The normalized spacial score (nSPS) is 17.3. The van der Waals surface area contributed by atoms with Crippen molar-refractivity contribution >= 4 is 46.4 Å². The molecular weight excluding hydrogens is 351 g/mol.